The van der Waals surface area contributed by atoms with Crippen molar-refractivity contribution in [2.24, 2.45) is 5.41 Å². The molecular formula is C17H26Fe. The maximum atomic E-state index is 2.37. The molecule has 0 bridgehead atoms. The average molecular weight is 286 g/mol. The van der Waals surface area contributed by atoms with Crippen LogP contribution in [0.5, 0.6) is 0 Å². The van der Waals surface area contributed by atoms with Crippen LogP contribution in [0.2, 0.25) is 0 Å². The van der Waals surface area contributed by atoms with Crippen molar-refractivity contribution in [3.05, 3.63) is 48.4 Å². The average Bonchev–Trinajstić information content (AvgIpc) is 3.03. The predicted molar refractivity (Wildman–Crippen MR) is 77.0 cm³/mol. The molecule has 0 spiro atoms. The summed E-state index contributed by atoms with van der Waals surface area (Å²) in [5.74, 6) is 1.70. The Hall–Kier alpha value is -0.521. The fraction of sp³-hybridized carbons (Fsp3) is 0.529. The quantitative estimate of drug-likeness (QED) is 0.504. The minimum Gasteiger partial charge on any atom is -0.231 e. The Balaban J connectivity index is 0.000000405. The molecule has 0 nitrogen and oxygen atoms in total. The normalized spacial score (nSPS) is 15.8. The van der Waals surface area contributed by atoms with E-state index in [2.05, 4.69) is 32.9 Å². The van der Waals surface area contributed by atoms with Gasteiger partial charge < -0.3 is 0 Å². The number of hydrogen-bond donors (Lipinski definition) is 0. The molecule has 0 radical (unpaired) electrons. The minimum atomic E-state index is 0. The molecule has 102 valence electrons. The fourth-order valence-corrected chi connectivity index (χ4v) is 2.67. The van der Waals surface area contributed by atoms with Gasteiger partial charge in [0.2, 0.25) is 0 Å². The van der Waals surface area contributed by atoms with Crippen molar-refractivity contribution in [1.29, 1.82) is 0 Å². The van der Waals surface area contributed by atoms with Crippen molar-refractivity contribution < 1.29 is 17.1 Å². The van der Waals surface area contributed by atoms with Gasteiger partial charge in [0.25, 0.3) is 0 Å². The van der Waals surface area contributed by atoms with Crippen molar-refractivity contribution in [3.8, 4) is 0 Å². The first-order chi connectivity index (χ1) is 8.29. The van der Waals surface area contributed by atoms with E-state index in [0.717, 1.165) is 0 Å². The second kappa shape index (κ2) is 9.41. The first-order valence-corrected chi connectivity index (χ1v) is 6.98. The van der Waals surface area contributed by atoms with Crippen LogP contribution in [0, 0.1) is 11.3 Å². The molecule has 0 aromatic heterocycles. The van der Waals surface area contributed by atoms with E-state index in [1.807, 2.05) is 30.3 Å². The molecule has 18 heavy (non-hydrogen) atoms. The van der Waals surface area contributed by atoms with Crippen LogP contribution in [-0.4, -0.2) is 0 Å². The first kappa shape index (κ1) is 17.5. The topological polar surface area (TPSA) is 0 Å². The summed E-state index contributed by atoms with van der Waals surface area (Å²) < 4.78 is 0. The molecular weight excluding hydrogens is 260 g/mol. The molecule has 0 atom stereocenters. The summed E-state index contributed by atoms with van der Waals surface area (Å²) in [5.41, 5.74) is 0.552. The third-order valence-electron chi connectivity index (χ3n) is 3.94. The monoisotopic (exact) mass is 286 g/mol. The SMILES string of the molecule is CCC[C-]1C=CCC1(CC)CC.[Fe+2].c1cc[cH-]c1. The molecule has 1 aliphatic rings. The zero-order valence-electron chi connectivity index (χ0n) is 11.9. The van der Waals surface area contributed by atoms with Gasteiger partial charge in [0.05, 0.1) is 0 Å². The van der Waals surface area contributed by atoms with Crippen LogP contribution < -0.4 is 0 Å². The molecule has 0 saturated carbocycles. The minimum absolute atomic E-state index is 0. The second-order valence-corrected chi connectivity index (χ2v) is 4.83. The number of hydrogen-bond acceptors (Lipinski definition) is 0. The van der Waals surface area contributed by atoms with E-state index in [1.54, 1.807) is 5.92 Å². The summed E-state index contributed by atoms with van der Waals surface area (Å²) >= 11 is 0. The molecule has 1 heteroatoms. The van der Waals surface area contributed by atoms with Gasteiger partial charge in [-0.15, -0.1) is 6.42 Å². The molecule has 0 saturated heterocycles. The van der Waals surface area contributed by atoms with E-state index >= 15 is 0 Å². The number of allylic oxidation sites excluding steroid dienone is 2. The molecule has 0 N–H and O–H groups in total. The molecule has 1 aromatic carbocycles. The predicted octanol–water partition coefficient (Wildman–Crippen LogP) is 5.53. The molecule has 1 aromatic rings. The summed E-state index contributed by atoms with van der Waals surface area (Å²) in [6.07, 6.45) is 11.2. The van der Waals surface area contributed by atoms with Crippen molar-refractivity contribution in [3.63, 3.8) is 0 Å². The fourth-order valence-electron chi connectivity index (χ4n) is 2.67. The van der Waals surface area contributed by atoms with Crippen LogP contribution >= 0.6 is 0 Å². The van der Waals surface area contributed by atoms with Crippen molar-refractivity contribution in [2.45, 2.75) is 52.9 Å². The van der Waals surface area contributed by atoms with Crippen LogP contribution in [0.4, 0.5) is 0 Å². The Bertz CT molecular complexity index is 276. The third kappa shape index (κ3) is 4.63. The summed E-state index contributed by atoms with van der Waals surface area (Å²) in [4.78, 5) is 0. The summed E-state index contributed by atoms with van der Waals surface area (Å²) in [5, 5.41) is 0. The van der Waals surface area contributed by atoms with Crippen LogP contribution in [-0.2, 0) is 17.1 Å². The van der Waals surface area contributed by atoms with E-state index in [4.69, 9.17) is 0 Å². The van der Waals surface area contributed by atoms with Gasteiger partial charge in [-0.1, -0.05) is 51.9 Å². The molecule has 0 unspecified atom stereocenters. The summed E-state index contributed by atoms with van der Waals surface area (Å²) in [6, 6.07) is 10.0. The second-order valence-electron chi connectivity index (χ2n) is 4.83. The first-order valence-electron chi connectivity index (χ1n) is 6.98. The summed E-state index contributed by atoms with van der Waals surface area (Å²) in [6.45, 7) is 6.92. The van der Waals surface area contributed by atoms with Crippen LogP contribution in [0.25, 0.3) is 0 Å². The molecule has 0 fully saturated rings. The summed E-state index contributed by atoms with van der Waals surface area (Å²) in [7, 11) is 0. The zero-order valence-corrected chi connectivity index (χ0v) is 13.0. The van der Waals surface area contributed by atoms with E-state index in [9.17, 15) is 0 Å². The Labute approximate surface area is 124 Å². The molecule has 2 rings (SSSR count). The van der Waals surface area contributed by atoms with Gasteiger partial charge in [-0.05, 0) is 0 Å². The Morgan fingerprint density at radius 3 is 2.11 bits per heavy atom. The van der Waals surface area contributed by atoms with E-state index < -0.39 is 0 Å². The van der Waals surface area contributed by atoms with Gasteiger partial charge in [0, 0.05) is 0 Å². The molecule has 0 amide bonds. The third-order valence-corrected chi connectivity index (χ3v) is 3.94. The zero-order chi connectivity index (χ0) is 12.6. The van der Waals surface area contributed by atoms with E-state index in [-0.39, 0.29) is 17.1 Å². The van der Waals surface area contributed by atoms with Crippen LogP contribution in [0.3, 0.4) is 0 Å². The van der Waals surface area contributed by atoms with Gasteiger partial charge in [0.1, 0.15) is 0 Å². The maximum absolute atomic E-state index is 2.37. The van der Waals surface area contributed by atoms with Crippen LogP contribution in [0.1, 0.15) is 52.9 Å². The van der Waals surface area contributed by atoms with Crippen molar-refractivity contribution in [1.82, 2.24) is 0 Å². The number of rotatable bonds is 4. The van der Waals surface area contributed by atoms with Gasteiger partial charge >= 0.3 is 17.1 Å². The van der Waals surface area contributed by atoms with Gasteiger partial charge in [-0.3, -0.25) is 0 Å². The van der Waals surface area contributed by atoms with E-state index in [0.29, 0.717) is 5.41 Å². The standard InChI is InChI=1S/C12H21.C5H5.Fe/c1-4-8-11-9-7-10-12(11,5-2)6-3;1-2-4-5-3-1;/h7,9H,4-6,8,10H2,1-3H3;1-5H;/q2*-1;+2. The maximum Gasteiger partial charge on any atom is 2.00 e. The Morgan fingerprint density at radius 2 is 1.72 bits per heavy atom. The Kier molecular flexibility index (Phi) is 9.14. The van der Waals surface area contributed by atoms with Crippen molar-refractivity contribution >= 4 is 0 Å². The Morgan fingerprint density at radius 1 is 1.11 bits per heavy atom. The van der Waals surface area contributed by atoms with Gasteiger partial charge in [0.15, 0.2) is 0 Å². The van der Waals surface area contributed by atoms with Gasteiger partial charge in [-0.25, -0.2) is 30.2 Å². The largest absolute Gasteiger partial charge is 2.00 e. The molecule has 0 heterocycles. The van der Waals surface area contributed by atoms with Crippen molar-refractivity contribution in [2.75, 3.05) is 0 Å². The molecule has 0 aliphatic heterocycles. The smallest absolute Gasteiger partial charge is 0.231 e. The van der Waals surface area contributed by atoms with Crippen LogP contribution in [0.15, 0.2) is 42.5 Å². The van der Waals surface area contributed by atoms with E-state index in [1.165, 1.54) is 32.1 Å². The molecule has 1 aliphatic carbocycles. The van der Waals surface area contributed by atoms with Gasteiger partial charge in [-0.2, -0.15) is 18.2 Å².